The normalized spacial score (nSPS) is 14.4. The molecular formula is C25H26N4O2. The van der Waals surface area contributed by atoms with E-state index in [1.165, 1.54) is 13.3 Å². The van der Waals surface area contributed by atoms with Gasteiger partial charge in [0.2, 0.25) is 5.91 Å². The van der Waals surface area contributed by atoms with E-state index in [2.05, 4.69) is 20.9 Å². The van der Waals surface area contributed by atoms with Crippen LogP contribution in [-0.4, -0.2) is 40.8 Å². The minimum atomic E-state index is -0.149. The molecule has 1 aliphatic heterocycles. The van der Waals surface area contributed by atoms with Crippen molar-refractivity contribution in [3.63, 3.8) is 0 Å². The van der Waals surface area contributed by atoms with E-state index in [-0.39, 0.29) is 11.7 Å². The van der Waals surface area contributed by atoms with Gasteiger partial charge in [-0.3, -0.25) is 14.5 Å². The number of piperidine rings is 1. The topological polar surface area (TPSA) is 78.1 Å². The predicted octanol–water partition coefficient (Wildman–Crippen LogP) is 4.44. The molecule has 0 spiro atoms. The first-order valence-corrected chi connectivity index (χ1v) is 10.7. The van der Waals surface area contributed by atoms with Crippen LogP contribution in [-0.2, 0) is 4.79 Å². The van der Waals surface area contributed by atoms with Gasteiger partial charge >= 0.3 is 0 Å². The van der Waals surface area contributed by atoms with Crippen molar-refractivity contribution in [3.05, 3.63) is 59.3 Å². The van der Waals surface area contributed by atoms with Crippen molar-refractivity contribution in [2.75, 3.05) is 25.0 Å². The monoisotopic (exact) mass is 414 g/mol. The van der Waals surface area contributed by atoms with Crippen LogP contribution in [0.2, 0.25) is 0 Å². The summed E-state index contributed by atoms with van der Waals surface area (Å²) in [4.78, 5) is 27.2. The summed E-state index contributed by atoms with van der Waals surface area (Å²) < 4.78 is 2.05. The van der Waals surface area contributed by atoms with Gasteiger partial charge < -0.3 is 9.88 Å². The van der Waals surface area contributed by atoms with Gasteiger partial charge in [0.05, 0.1) is 23.7 Å². The molecule has 2 aromatic carbocycles. The van der Waals surface area contributed by atoms with E-state index >= 15 is 0 Å². The predicted molar refractivity (Wildman–Crippen MR) is 122 cm³/mol. The number of carbonyl (C=O) groups excluding carboxylic acids is 2. The fourth-order valence-electron chi connectivity index (χ4n) is 4.47. The Labute approximate surface area is 182 Å². The third kappa shape index (κ3) is 4.23. The Morgan fingerprint density at radius 3 is 2.42 bits per heavy atom. The van der Waals surface area contributed by atoms with E-state index < -0.39 is 0 Å². The lowest BCUT2D eigenvalue weighted by Gasteiger charge is -2.25. The molecule has 0 unspecified atom stereocenters. The molecule has 1 N–H and O–H groups in total. The number of fused-ring (bicyclic) bond motifs is 1. The number of anilines is 1. The number of Topliss-reactive ketones (excluding diaryl/α,β-unsaturated/α-hetero) is 1. The molecule has 1 aliphatic rings. The quantitative estimate of drug-likeness (QED) is 0.626. The second-order valence-electron chi connectivity index (χ2n) is 8.13. The van der Waals surface area contributed by atoms with Crippen LogP contribution in [0.4, 0.5) is 5.69 Å². The molecule has 1 fully saturated rings. The van der Waals surface area contributed by atoms with Crippen molar-refractivity contribution in [3.8, 4) is 11.8 Å². The van der Waals surface area contributed by atoms with E-state index in [0.29, 0.717) is 23.4 Å². The smallest absolute Gasteiger partial charge is 0.221 e. The van der Waals surface area contributed by atoms with Gasteiger partial charge in [-0.15, -0.1) is 0 Å². The molecule has 1 amide bonds. The van der Waals surface area contributed by atoms with Crippen molar-refractivity contribution < 1.29 is 9.59 Å². The number of ketones is 1. The fourth-order valence-corrected chi connectivity index (χ4v) is 4.47. The second kappa shape index (κ2) is 8.75. The average Bonchev–Trinajstić information content (AvgIpc) is 3.05. The molecule has 2 heterocycles. The minimum absolute atomic E-state index is 0.0942. The van der Waals surface area contributed by atoms with Gasteiger partial charge in [0.25, 0.3) is 0 Å². The van der Waals surface area contributed by atoms with Gasteiger partial charge in [0.1, 0.15) is 0 Å². The van der Waals surface area contributed by atoms with Crippen LogP contribution in [0.15, 0.2) is 42.5 Å². The second-order valence-corrected chi connectivity index (χ2v) is 8.13. The molecule has 0 aliphatic carbocycles. The Bertz CT molecular complexity index is 1180. The molecule has 6 nitrogen and oxygen atoms in total. The van der Waals surface area contributed by atoms with Crippen LogP contribution in [0, 0.1) is 18.3 Å². The van der Waals surface area contributed by atoms with Crippen molar-refractivity contribution in [1.82, 2.24) is 9.47 Å². The summed E-state index contributed by atoms with van der Waals surface area (Å²) in [5.41, 5.74) is 4.61. The Balaban J connectivity index is 1.83. The Kier molecular flexibility index (Phi) is 5.88. The SMILES string of the molecule is CC(=O)Nc1ccc2c(c1)c(C(=O)CN1CCCCC1)c(C)n2-c1ccc(C#N)cc1. The number of likely N-dealkylation sites (tertiary alicyclic amines) is 1. The number of hydrogen-bond acceptors (Lipinski definition) is 4. The van der Waals surface area contributed by atoms with Crippen LogP contribution in [0.1, 0.15) is 47.8 Å². The standard InChI is InChI=1S/C25H26N4O2/c1-17-25(24(31)16-28-12-4-3-5-13-28)22-14-20(27-18(2)30)8-11-23(22)29(17)21-9-6-19(15-26)7-10-21/h6-11,14H,3-5,12-13,16H2,1-2H3,(H,27,30). The third-order valence-corrected chi connectivity index (χ3v) is 5.87. The van der Waals surface area contributed by atoms with Gasteiger partial charge in [-0.25, -0.2) is 0 Å². The van der Waals surface area contributed by atoms with E-state index in [4.69, 9.17) is 5.26 Å². The number of carbonyl (C=O) groups is 2. The maximum absolute atomic E-state index is 13.4. The molecule has 158 valence electrons. The first-order valence-electron chi connectivity index (χ1n) is 10.7. The number of aromatic nitrogens is 1. The van der Waals surface area contributed by atoms with E-state index in [1.807, 2.05) is 37.3 Å². The number of benzene rings is 2. The van der Waals surface area contributed by atoms with Gasteiger partial charge in [-0.1, -0.05) is 6.42 Å². The molecule has 0 saturated carbocycles. The lowest BCUT2D eigenvalue weighted by atomic mass is 10.0. The van der Waals surface area contributed by atoms with Crippen LogP contribution < -0.4 is 5.32 Å². The molecule has 0 bridgehead atoms. The van der Waals surface area contributed by atoms with Crippen molar-refractivity contribution in [2.24, 2.45) is 0 Å². The molecule has 1 saturated heterocycles. The minimum Gasteiger partial charge on any atom is -0.326 e. The summed E-state index contributed by atoms with van der Waals surface area (Å²) in [6, 6.07) is 15.2. The molecule has 31 heavy (non-hydrogen) atoms. The summed E-state index contributed by atoms with van der Waals surface area (Å²) in [7, 11) is 0. The lowest BCUT2D eigenvalue weighted by Crippen LogP contribution is -2.34. The van der Waals surface area contributed by atoms with Gasteiger partial charge in [0.15, 0.2) is 5.78 Å². The Hall–Kier alpha value is -3.43. The first-order chi connectivity index (χ1) is 15.0. The number of nitrogens with one attached hydrogen (secondary N) is 1. The van der Waals surface area contributed by atoms with Crippen LogP contribution in [0.5, 0.6) is 0 Å². The zero-order chi connectivity index (χ0) is 22.0. The highest BCUT2D eigenvalue weighted by Gasteiger charge is 2.23. The summed E-state index contributed by atoms with van der Waals surface area (Å²) in [5, 5.41) is 12.8. The molecule has 3 aromatic rings. The van der Waals surface area contributed by atoms with Crippen LogP contribution in [0.3, 0.4) is 0 Å². The van der Waals surface area contributed by atoms with Crippen molar-refractivity contribution in [1.29, 1.82) is 5.26 Å². The molecule has 1 aromatic heterocycles. The molecular weight excluding hydrogens is 388 g/mol. The summed E-state index contributed by atoms with van der Waals surface area (Å²) >= 11 is 0. The number of nitrogens with zero attached hydrogens (tertiary/aromatic N) is 3. The third-order valence-electron chi connectivity index (χ3n) is 5.87. The number of amides is 1. The summed E-state index contributed by atoms with van der Waals surface area (Å²) in [6.07, 6.45) is 3.49. The highest BCUT2D eigenvalue weighted by Crippen LogP contribution is 2.32. The van der Waals surface area contributed by atoms with Gasteiger partial charge in [-0.2, -0.15) is 5.26 Å². The summed E-state index contributed by atoms with van der Waals surface area (Å²) in [6.45, 7) is 5.74. The lowest BCUT2D eigenvalue weighted by molar-refractivity contribution is -0.114. The summed E-state index contributed by atoms with van der Waals surface area (Å²) in [5.74, 6) is -0.0550. The zero-order valence-electron chi connectivity index (χ0n) is 17.9. The average molecular weight is 415 g/mol. The van der Waals surface area contributed by atoms with E-state index in [9.17, 15) is 9.59 Å². The van der Waals surface area contributed by atoms with E-state index in [1.54, 1.807) is 12.1 Å². The van der Waals surface area contributed by atoms with Crippen LogP contribution in [0.25, 0.3) is 16.6 Å². The molecule has 0 atom stereocenters. The fraction of sp³-hybridized carbons (Fsp3) is 0.320. The molecule has 0 radical (unpaired) electrons. The largest absolute Gasteiger partial charge is 0.326 e. The van der Waals surface area contributed by atoms with Crippen molar-refractivity contribution in [2.45, 2.75) is 33.1 Å². The van der Waals surface area contributed by atoms with Gasteiger partial charge in [-0.05, 0) is 75.3 Å². The van der Waals surface area contributed by atoms with Gasteiger partial charge in [0, 0.05) is 34.9 Å². The Morgan fingerprint density at radius 1 is 1.06 bits per heavy atom. The maximum Gasteiger partial charge on any atom is 0.221 e. The number of nitriles is 1. The highest BCUT2D eigenvalue weighted by atomic mass is 16.1. The Morgan fingerprint density at radius 2 is 1.77 bits per heavy atom. The highest BCUT2D eigenvalue weighted by molar-refractivity contribution is 6.12. The number of hydrogen-bond donors (Lipinski definition) is 1. The van der Waals surface area contributed by atoms with Crippen LogP contribution >= 0.6 is 0 Å². The molecule has 6 heteroatoms. The van der Waals surface area contributed by atoms with E-state index in [0.717, 1.165) is 48.2 Å². The van der Waals surface area contributed by atoms with Crippen molar-refractivity contribution >= 4 is 28.3 Å². The number of rotatable bonds is 5. The maximum atomic E-state index is 13.4. The first kappa shape index (κ1) is 20.8. The molecule has 4 rings (SSSR count). The zero-order valence-corrected chi connectivity index (χ0v) is 17.9.